The molecule has 18 heavy (non-hydrogen) atoms. The number of hydrogen-bond acceptors (Lipinski definition) is 1. The van der Waals surface area contributed by atoms with Gasteiger partial charge in [-0.15, -0.1) is 0 Å². The van der Waals surface area contributed by atoms with Crippen molar-refractivity contribution in [2.24, 2.45) is 5.41 Å². The van der Waals surface area contributed by atoms with Gasteiger partial charge in [0.05, 0.1) is 0 Å². The summed E-state index contributed by atoms with van der Waals surface area (Å²) >= 11 is 0. The Morgan fingerprint density at radius 3 is 2.50 bits per heavy atom. The summed E-state index contributed by atoms with van der Waals surface area (Å²) in [6, 6.07) is 10.3. The van der Waals surface area contributed by atoms with Crippen molar-refractivity contribution >= 4 is 5.91 Å². The first-order valence-corrected chi connectivity index (χ1v) is 6.85. The lowest BCUT2D eigenvalue weighted by molar-refractivity contribution is 0.0641. The quantitative estimate of drug-likeness (QED) is 0.777. The second kappa shape index (κ2) is 4.75. The van der Waals surface area contributed by atoms with E-state index in [1.807, 2.05) is 30.3 Å². The van der Waals surface area contributed by atoms with Crippen LogP contribution in [-0.2, 0) is 0 Å². The van der Waals surface area contributed by atoms with Crippen LogP contribution in [0.3, 0.4) is 0 Å². The molecule has 1 amide bonds. The van der Waals surface area contributed by atoms with Crippen LogP contribution in [0.1, 0.15) is 50.9 Å². The van der Waals surface area contributed by atoms with Gasteiger partial charge in [0.1, 0.15) is 0 Å². The van der Waals surface area contributed by atoms with Crippen LogP contribution in [0.4, 0.5) is 0 Å². The van der Waals surface area contributed by atoms with Crippen molar-refractivity contribution in [3.63, 3.8) is 0 Å². The molecule has 0 bridgehead atoms. The maximum Gasteiger partial charge on any atom is 0.254 e. The molecule has 1 aliphatic rings. The van der Waals surface area contributed by atoms with Crippen LogP contribution in [0, 0.1) is 5.41 Å². The maximum absolute atomic E-state index is 12.6. The van der Waals surface area contributed by atoms with Crippen LogP contribution in [0.5, 0.6) is 0 Å². The molecular weight excluding hydrogens is 222 g/mol. The molecule has 2 heteroatoms. The third kappa shape index (κ3) is 2.16. The zero-order valence-electron chi connectivity index (χ0n) is 11.8. The van der Waals surface area contributed by atoms with E-state index in [-0.39, 0.29) is 11.3 Å². The summed E-state index contributed by atoms with van der Waals surface area (Å²) in [7, 11) is 0. The number of nitrogens with zero attached hydrogens (tertiary/aromatic N) is 1. The molecule has 0 N–H and O–H groups in total. The maximum atomic E-state index is 12.6. The second-order valence-corrected chi connectivity index (χ2v) is 6.01. The van der Waals surface area contributed by atoms with Crippen molar-refractivity contribution in [1.29, 1.82) is 0 Å². The molecule has 98 valence electrons. The number of amides is 1. The van der Waals surface area contributed by atoms with Gasteiger partial charge >= 0.3 is 0 Å². The predicted octanol–water partition coefficient (Wildman–Crippen LogP) is 3.73. The average molecular weight is 245 g/mol. The van der Waals surface area contributed by atoms with Crippen molar-refractivity contribution in [1.82, 2.24) is 4.90 Å². The van der Waals surface area contributed by atoms with Crippen LogP contribution in [-0.4, -0.2) is 22.9 Å². The fourth-order valence-corrected chi connectivity index (χ4v) is 2.98. The van der Waals surface area contributed by atoms with E-state index < -0.39 is 0 Å². The molecule has 1 aromatic carbocycles. The Kier molecular flexibility index (Phi) is 3.47. The summed E-state index contributed by atoms with van der Waals surface area (Å²) in [5, 5.41) is 0. The SMILES string of the molecule is CCC1CC(C)(C)C(C)N1C(=O)c1ccccc1. The van der Waals surface area contributed by atoms with Gasteiger partial charge in [-0.2, -0.15) is 0 Å². The summed E-state index contributed by atoms with van der Waals surface area (Å²) in [5.74, 6) is 0.181. The third-order valence-electron chi connectivity index (χ3n) is 4.43. The summed E-state index contributed by atoms with van der Waals surface area (Å²) in [6.45, 7) is 8.87. The first kappa shape index (κ1) is 13.1. The summed E-state index contributed by atoms with van der Waals surface area (Å²) in [5.41, 5.74) is 1.02. The minimum Gasteiger partial charge on any atom is -0.332 e. The molecule has 1 fully saturated rings. The van der Waals surface area contributed by atoms with Crippen LogP contribution >= 0.6 is 0 Å². The van der Waals surface area contributed by atoms with E-state index >= 15 is 0 Å². The summed E-state index contributed by atoms with van der Waals surface area (Å²) in [6.07, 6.45) is 2.13. The van der Waals surface area contributed by atoms with Crippen molar-refractivity contribution in [3.05, 3.63) is 35.9 Å². The van der Waals surface area contributed by atoms with Gasteiger partial charge in [-0.05, 0) is 37.3 Å². The van der Waals surface area contributed by atoms with Gasteiger partial charge in [-0.1, -0.05) is 39.0 Å². The lowest BCUT2D eigenvalue weighted by atomic mass is 9.84. The number of carbonyl (C=O) groups excluding carboxylic acids is 1. The largest absolute Gasteiger partial charge is 0.332 e. The van der Waals surface area contributed by atoms with E-state index in [0.29, 0.717) is 12.1 Å². The van der Waals surface area contributed by atoms with E-state index in [0.717, 1.165) is 18.4 Å². The van der Waals surface area contributed by atoms with Gasteiger partial charge < -0.3 is 4.90 Å². The molecule has 2 rings (SSSR count). The van der Waals surface area contributed by atoms with Gasteiger partial charge in [0.15, 0.2) is 0 Å². The zero-order valence-corrected chi connectivity index (χ0v) is 11.8. The zero-order chi connectivity index (χ0) is 13.3. The fraction of sp³-hybridized carbons (Fsp3) is 0.562. The molecule has 0 radical (unpaired) electrons. The molecule has 0 saturated carbocycles. The minimum atomic E-state index is 0.181. The average Bonchev–Trinajstić information content (AvgIpc) is 2.60. The minimum absolute atomic E-state index is 0.181. The number of carbonyl (C=O) groups is 1. The van der Waals surface area contributed by atoms with Gasteiger partial charge in [-0.25, -0.2) is 0 Å². The molecule has 1 saturated heterocycles. The Morgan fingerprint density at radius 1 is 1.33 bits per heavy atom. The molecule has 2 nitrogen and oxygen atoms in total. The first-order chi connectivity index (χ1) is 8.47. The van der Waals surface area contributed by atoms with E-state index in [4.69, 9.17) is 0 Å². The molecule has 0 aliphatic carbocycles. The van der Waals surface area contributed by atoms with E-state index in [2.05, 4.69) is 32.6 Å². The Bertz CT molecular complexity index is 424. The van der Waals surface area contributed by atoms with E-state index in [1.165, 1.54) is 0 Å². The highest BCUT2D eigenvalue weighted by Crippen LogP contribution is 2.41. The van der Waals surface area contributed by atoms with Crippen molar-refractivity contribution < 1.29 is 4.79 Å². The van der Waals surface area contributed by atoms with E-state index in [9.17, 15) is 4.79 Å². The van der Waals surface area contributed by atoms with Crippen molar-refractivity contribution in [3.8, 4) is 0 Å². The Labute approximate surface area is 110 Å². The molecule has 2 atom stereocenters. The number of likely N-dealkylation sites (tertiary alicyclic amines) is 1. The predicted molar refractivity (Wildman–Crippen MR) is 74.6 cm³/mol. The van der Waals surface area contributed by atoms with Gasteiger partial charge in [-0.3, -0.25) is 4.79 Å². The molecule has 0 aromatic heterocycles. The Morgan fingerprint density at radius 2 is 1.94 bits per heavy atom. The standard InChI is InChI=1S/C16H23NO/c1-5-14-11-16(3,4)12(2)17(14)15(18)13-9-7-6-8-10-13/h6-10,12,14H,5,11H2,1-4H3. The number of benzene rings is 1. The normalized spacial score (nSPS) is 26.3. The molecule has 1 aliphatic heterocycles. The summed E-state index contributed by atoms with van der Waals surface area (Å²) < 4.78 is 0. The van der Waals surface area contributed by atoms with Crippen LogP contribution in [0.2, 0.25) is 0 Å². The van der Waals surface area contributed by atoms with Gasteiger partial charge in [0.2, 0.25) is 0 Å². The Hall–Kier alpha value is -1.31. The van der Waals surface area contributed by atoms with Crippen LogP contribution in [0.25, 0.3) is 0 Å². The third-order valence-corrected chi connectivity index (χ3v) is 4.43. The molecule has 1 aromatic rings. The molecule has 2 unspecified atom stereocenters. The Balaban J connectivity index is 2.29. The molecule has 0 spiro atoms. The monoisotopic (exact) mass is 245 g/mol. The topological polar surface area (TPSA) is 20.3 Å². The number of hydrogen-bond donors (Lipinski definition) is 0. The molecular formula is C16H23NO. The first-order valence-electron chi connectivity index (χ1n) is 6.85. The van der Waals surface area contributed by atoms with Gasteiger partial charge in [0.25, 0.3) is 5.91 Å². The van der Waals surface area contributed by atoms with Crippen LogP contribution < -0.4 is 0 Å². The van der Waals surface area contributed by atoms with Crippen LogP contribution in [0.15, 0.2) is 30.3 Å². The smallest absolute Gasteiger partial charge is 0.254 e. The summed E-state index contributed by atoms with van der Waals surface area (Å²) in [4.78, 5) is 14.7. The van der Waals surface area contributed by atoms with Gasteiger partial charge in [0, 0.05) is 17.6 Å². The highest BCUT2D eigenvalue weighted by molar-refractivity contribution is 5.94. The number of rotatable bonds is 2. The fourth-order valence-electron chi connectivity index (χ4n) is 2.98. The highest BCUT2D eigenvalue weighted by atomic mass is 16.2. The lowest BCUT2D eigenvalue weighted by Gasteiger charge is -2.31. The highest BCUT2D eigenvalue weighted by Gasteiger charge is 2.45. The lowest BCUT2D eigenvalue weighted by Crippen LogP contribution is -2.42. The molecule has 1 heterocycles. The van der Waals surface area contributed by atoms with Crippen molar-refractivity contribution in [2.45, 2.75) is 52.6 Å². The van der Waals surface area contributed by atoms with E-state index in [1.54, 1.807) is 0 Å². The van der Waals surface area contributed by atoms with Crippen molar-refractivity contribution in [2.75, 3.05) is 0 Å². The second-order valence-electron chi connectivity index (χ2n) is 6.01.